The minimum Gasteiger partial charge on any atom is -0.376 e. The third-order valence-electron chi connectivity index (χ3n) is 5.02. The maximum Gasteiger partial charge on any atom is 0.259 e. The van der Waals surface area contributed by atoms with Gasteiger partial charge in [0.25, 0.3) is 5.91 Å². The summed E-state index contributed by atoms with van der Waals surface area (Å²) >= 11 is 0. The molecule has 0 atom stereocenters. The van der Waals surface area contributed by atoms with E-state index in [9.17, 15) is 4.79 Å². The smallest absolute Gasteiger partial charge is 0.259 e. The van der Waals surface area contributed by atoms with Crippen molar-refractivity contribution < 1.29 is 4.79 Å². The van der Waals surface area contributed by atoms with E-state index in [0.717, 1.165) is 38.4 Å². The van der Waals surface area contributed by atoms with Gasteiger partial charge in [-0.25, -0.2) is 5.43 Å². The molecule has 0 saturated carbocycles. The van der Waals surface area contributed by atoms with Gasteiger partial charge in [0.1, 0.15) is 0 Å². The monoisotopic (exact) mass is 381 g/mol. The Bertz CT molecular complexity index is 1170. The van der Waals surface area contributed by atoms with Gasteiger partial charge in [-0.2, -0.15) is 5.10 Å². The molecule has 0 spiro atoms. The Morgan fingerprint density at radius 3 is 2.21 bits per heavy atom. The number of hydrogen-bond acceptors (Lipinski definition) is 3. The fourth-order valence-electron chi connectivity index (χ4n) is 3.58. The predicted octanol–water partition coefficient (Wildman–Crippen LogP) is 5.17. The summed E-state index contributed by atoms with van der Waals surface area (Å²) in [6, 6.07) is 24.7. The SMILES string of the molecule is Cc1ccc(NCC(=O)NN=Cc2c3ccccc3cc3ccccc23)c(C)c1. The molecule has 4 heteroatoms. The number of benzene rings is 4. The van der Waals surface area contributed by atoms with Crippen molar-refractivity contribution >= 4 is 39.4 Å². The average Bonchev–Trinajstić information content (AvgIpc) is 2.72. The number of fused-ring (bicyclic) bond motifs is 2. The zero-order chi connectivity index (χ0) is 20.2. The maximum atomic E-state index is 12.2. The molecule has 4 nitrogen and oxygen atoms in total. The number of hydrazone groups is 1. The number of carbonyl (C=O) groups excluding carboxylic acids is 1. The van der Waals surface area contributed by atoms with Crippen molar-refractivity contribution in [2.24, 2.45) is 5.10 Å². The second kappa shape index (κ2) is 8.15. The topological polar surface area (TPSA) is 53.5 Å². The summed E-state index contributed by atoms with van der Waals surface area (Å²) < 4.78 is 0. The van der Waals surface area contributed by atoms with Crippen LogP contribution in [0.25, 0.3) is 21.5 Å². The van der Waals surface area contributed by atoms with Gasteiger partial charge in [-0.05, 0) is 53.1 Å². The van der Waals surface area contributed by atoms with Crippen LogP contribution in [0.5, 0.6) is 0 Å². The van der Waals surface area contributed by atoms with Gasteiger partial charge >= 0.3 is 0 Å². The average molecular weight is 381 g/mol. The van der Waals surface area contributed by atoms with Crippen LogP contribution in [-0.4, -0.2) is 18.7 Å². The van der Waals surface area contributed by atoms with Crippen LogP contribution in [0.3, 0.4) is 0 Å². The standard InChI is InChI=1S/C25H23N3O/c1-17-11-12-24(18(2)13-17)26-16-25(29)28-27-15-23-21-9-5-3-7-19(21)14-20-8-4-6-10-22(20)23/h3-15,26H,16H2,1-2H3,(H,28,29). The van der Waals surface area contributed by atoms with Crippen LogP contribution in [0.1, 0.15) is 16.7 Å². The Morgan fingerprint density at radius 2 is 1.55 bits per heavy atom. The van der Waals surface area contributed by atoms with Crippen molar-refractivity contribution in [1.82, 2.24) is 5.43 Å². The molecule has 1 amide bonds. The molecule has 144 valence electrons. The first-order valence-electron chi connectivity index (χ1n) is 9.65. The van der Waals surface area contributed by atoms with E-state index in [2.05, 4.69) is 59.2 Å². The first kappa shape index (κ1) is 18.7. The molecule has 0 aliphatic heterocycles. The number of nitrogens with one attached hydrogen (secondary N) is 2. The van der Waals surface area contributed by atoms with E-state index in [1.165, 1.54) is 5.56 Å². The molecule has 2 N–H and O–H groups in total. The quantitative estimate of drug-likeness (QED) is 0.285. The highest BCUT2D eigenvalue weighted by molar-refractivity contribution is 6.13. The Balaban J connectivity index is 1.51. The Labute approximate surface area is 170 Å². The summed E-state index contributed by atoms with van der Waals surface area (Å²) in [6.07, 6.45) is 1.74. The molecule has 0 unspecified atom stereocenters. The lowest BCUT2D eigenvalue weighted by Crippen LogP contribution is -2.26. The number of nitrogens with zero attached hydrogens (tertiary/aromatic N) is 1. The number of rotatable bonds is 5. The van der Waals surface area contributed by atoms with E-state index in [-0.39, 0.29) is 12.5 Å². The van der Waals surface area contributed by atoms with Crippen LogP contribution >= 0.6 is 0 Å². The highest BCUT2D eigenvalue weighted by Gasteiger charge is 2.06. The van der Waals surface area contributed by atoms with Gasteiger partial charge in [-0.3, -0.25) is 4.79 Å². The van der Waals surface area contributed by atoms with Gasteiger partial charge in [0.2, 0.25) is 0 Å². The summed E-state index contributed by atoms with van der Waals surface area (Å²) in [5.74, 6) is -0.189. The fraction of sp³-hybridized carbons (Fsp3) is 0.120. The highest BCUT2D eigenvalue weighted by Crippen LogP contribution is 2.27. The summed E-state index contributed by atoms with van der Waals surface area (Å²) in [5.41, 5.74) is 6.90. The van der Waals surface area contributed by atoms with Crippen molar-refractivity contribution in [1.29, 1.82) is 0 Å². The molecule has 4 aromatic rings. The Kier molecular flexibility index (Phi) is 5.25. The van der Waals surface area contributed by atoms with E-state index in [0.29, 0.717) is 0 Å². The van der Waals surface area contributed by atoms with E-state index >= 15 is 0 Å². The molecule has 0 fully saturated rings. The van der Waals surface area contributed by atoms with Crippen LogP contribution in [0.2, 0.25) is 0 Å². The molecule has 4 aromatic carbocycles. The van der Waals surface area contributed by atoms with Crippen molar-refractivity contribution in [3.05, 3.63) is 89.5 Å². The third kappa shape index (κ3) is 4.11. The van der Waals surface area contributed by atoms with Crippen molar-refractivity contribution in [3.8, 4) is 0 Å². The Hall–Kier alpha value is -3.66. The zero-order valence-electron chi connectivity index (χ0n) is 16.6. The van der Waals surface area contributed by atoms with Gasteiger partial charge in [0, 0.05) is 11.3 Å². The van der Waals surface area contributed by atoms with E-state index in [4.69, 9.17) is 0 Å². The molecule has 4 rings (SSSR count). The van der Waals surface area contributed by atoms with Crippen LogP contribution < -0.4 is 10.7 Å². The molecule has 0 saturated heterocycles. The van der Waals surface area contributed by atoms with Crippen LogP contribution in [0.15, 0.2) is 77.9 Å². The normalized spacial score (nSPS) is 11.2. The second-order valence-electron chi connectivity index (χ2n) is 7.20. The van der Waals surface area contributed by atoms with Gasteiger partial charge in [-0.1, -0.05) is 66.2 Å². The molecular weight excluding hydrogens is 358 g/mol. The lowest BCUT2D eigenvalue weighted by atomic mass is 9.97. The molecule has 0 radical (unpaired) electrons. The first-order chi connectivity index (χ1) is 14.1. The minimum atomic E-state index is -0.189. The van der Waals surface area contributed by atoms with Gasteiger partial charge < -0.3 is 5.32 Å². The van der Waals surface area contributed by atoms with Crippen molar-refractivity contribution in [3.63, 3.8) is 0 Å². The third-order valence-corrected chi connectivity index (χ3v) is 5.02. The predicted molar refractivity (Wildman–Crippen MR) is 122 cm³/mol. The van der Waals surface area contributed by atoms with Gasteiger partial charge in [0.15, 0.2) is 0 Å². The number of carbonyl (C=O) groups is 1. The molecule has 0 aliphatic carbocycles. The van der Waals surface area contributed by atoms with E-state index in [1.807, 2.05) is 43.3 Å². The lowest BCUT2D eigenvalue weighted by molar-refractivity contribution is -0.119. The fourth-order valence-corrected chi connectivity index (χ4v) is 3.58. The molecule has 29 heavy (non-hydrogen) atoms. The van der Waals surface area contributed by atoms with Gasteiger partial charge in [-0.15, -0.1) is 0 Å². The first-order valence-corrected chi connectivity index (χ1v) is 9.65. The summed E-state index contributed by atoms with van der Waals surface area (Å²) in [5, 5.41) is 11.9. The highest BCUT2D eigenvalue weighted by atomic mass is 16.2. The Morgan fingerprint density at radius 1 is 0.897 bits per heavy atom. The summed E-state index contributed by atoms with van der Waals surface area (Å²) in [7, 11) is 0. The minimum absolute atomic E-state index is 0.164. The van der Waals surface area contributed by atoms with Crippen LogP contribution in [-0.2, 0) is 4.79 Å². The second-order valence-corrected chi connectivity index (χ2v) is 7.20. The van der Waals surface area contributed by atoms with Crippen molar-refractivity contribution in [2.75, 3.05) is 11.9 Å². The molecular formula is C25H23N3O. The van der Waals surface area contributed by atoms with E-state index < -0.39 is 0 Å². The lowest BCUT2D eigenvalue weighted by Gasteiger charge is -2.10. The molecule has 0 bridgehead atoms. The summed E-state index contributed by atoms with van der Waals surface area (Å²) in [4.78, 5) is 12.2. The molecule has 0 aromatic heterocycles. The molecule has 0 heterocycles. The number of amides is 1. The largest absolute Gasteiger partial charge is 0.376 e. The van der Waals surface area contributed by atoms with Crippen LogP contribution in [0, 0.1) is 13.8 Å². The number of anilines is 1. The van der Waals surface area contributed by atoms with E-state index in [1.54, 1.807) is 6.21 Å². The van der Waals surface area contributed by atoms with Crippen molar-refractivity contribution in [2.45, 2.75) is 13.8 Å². The maximum absolute atomic E-state index is 12.2. The number of aryl methyl sites for hydroxylation is 2. The number of hydrogen-bond donors (Lipinski definition) is 2. The van der Waals surface area contributed by atoms with Crippen LogP contribution in [0.4, 0.5) is 5.69 Å². The zero-order valence-corrected chi connectivity index (χ0v) is 16.6. The molecule has 0 aliphatic rings. The van der Waals surface area contributed by atoms with Gasteiger partial charge in [0.05, 0.1) is 12.8 Å². The summed E-state index contributed by atoms with van der Waals surface area (Å²) in [6.45, 7) is 4.24.